The number of ether oxygens (including phenoxy) is 4. The molecule has 0 spiro atoms. The predicted octanol–water partition coefficient (Wildman–Crippen LogP) is 5.25. The maximum Gasteiger partial charge on any atom is 0.338 e. The van der Waals surface area contributed by atoms with Crippen LogP contribution in [0.2, 0.25) is 0 Å². The Morgan fingerprint density at radius 2 is 1.56 bits per heavy atom. The fourth-order valence-electron chi connectivity index (χ4n) is 3.95. The Balaban J connectivity index is 1.40. The first-order valence-corrected chi connectivity index (χ1v) is 12.0. The third-order valence-corrected chi connectivity index (χ3v) is 6.00. The first-order chi connectivity index (χ1) is 17.4. The molecule has 2 aromatic carbocycles. The predicted molar refractivity (Wildman–Crippen MR) is 136 cm³/mol. The molecule has 1 aliphatic rings. The van der Waals surface area contributed by atoms with Crippen LogP contribution >= 0.6 is 0 Å². The summed E-state index contributed by atoms with van der Waals surface area (Å²) in [5, 5.41) is 0. The Labute approximate surface area is 211 Å². The molecule has 1 saturated carbocycles. The number of hydrogen-bond donors (Lipinski definition) is 0. The van der Waals surface area contributed by atoms with Gasteiger partial charge in [-0.15, -0.1) is 0 Å². The van der Waals surface area contributed by atoms with E-state index in [2.05, 4.69) is 18.7 Å². The highest BCUT2D eigenvalue weighted by atomic mass is 16.6. The lowest BCUT2D eigenvalue weighted by Gasteiger charge is -2.28. The number of carbonyl (C=O) groups excluding carboxylic acids is 3. The summed E-state index contributed by atoms with van der Waals surface area (Å²) < 4.78 is 20.7. The molecule has 1 fully saturated rings. The SMILES string of the molecule is C=C(C)C(=O)OCCOC(=O)/C=C/c1ccc(C2CCC(OC(=O)c3ccc(OC)cc3)CC2)cc1. The summed E-state index contributed by atoms with van der Waals surface area (Å²) in [5.74, 6) is -0.209. The Hall–Kier alpha value is -3.87. The van der Waals surface area contributed by atoms with E-state index in [0.717, 1.165) is 31.2 Å². The Morgan fingerprint density at radius 3 is 2.17 bits per heavy atom. The summed E-state index contributed by atoms with van der Waals surface area (Å²) in [6.45, 7) is 5.01. The molecule has 0 bridgehead atoms. The van der Waals surface area contributed by atoms with Crippen molar-refractivity contribution < 1.29 is 33.3 Å². The van der Waals surface area contributed by atoms with Crippen molar-refractivity contribution in [2.75, 3.05) is 20.3 Å². The molecule has 0 atom stereocenters. The number of rotatable bonds is 10. The van der Waals surface area contributed by atoms with E-state index in [1.54, 1.807) is 44.4 Å². The number of methoxy groups -OCH3 is 1. The van der Waals surface area contributed by atoms with E-state index in [4.69, 9.17) is 18.9 Å². The van der Waals surface area contributed by atoms with Gasteiger partial charge in [0.25, 0.3) is 0 Å². The second-order valence-corrected chi connectivity index (χ2v) is 8.69. The van der Waals surface area contributed by atoms with Gasteiger partial charge in [-0.1, -0.05) is 30.8 Å². The lowest BCUT2D eigenvalue weighted by atomic mass is 9.82. The molecule has 0 unspecified atom stereocenters. The molecule has 0 heterocycles. The van der Waals surface area contributed by atoms with E-state index in [1.807, 2.05) is 12.1 Å². The Morgan fingerprint density at radius 1 is 0.917 bits per heavy atom. The topological polar surface area (TPSA) is 88.1 Å². The summed E-state index contributed by atoms with van der Waals surface area (Å²) in [7, 11) is 1.59. The number of hydrogen-bond acceptors (Lipinski definition) is 7. The van der Waals surface area contributed by atoms with Gasteiger partial charge < -0.3 is 18.9 Å². The summed E-state index contributed by atoms with van der Waals surface area (Å²) in [6.07, 6.45) is 6.48. The highest BCUT2D eigenvalue weighted by Crippen LogP contribution is 2.34. The first kappa shape index (κ1) is 26.7. The number of carbonyl (C=O) groups is 3. The molecule has 36 heavy (non-hydrogen) atoms. The van der Waals surface area contributed by atoms with E-state index in [9.17, 15) is 14.4 Å². The lowest BCUT2D eigenvalue weighted by molar-refractivity contribution is -0.146. The van der Waals surface area contributed by atoms with E-state index in [0.29, 0.717) is 22.8 Å². The van der Waals surface area contributed by atoms with Gasteiger partial charge in [0.05, 0.1) is 12.7 Å². The third kappa shape index (κ3) is 8.12. The minimum absolute atomic E-state index is 0.0110. The van der Waals surface area contributed by atoms with Crippen molar-refractivity contribution in [1.29, 1.82) is 0 Å². The standard InChI is InChI=1S/C29H32O7/c1-20(2)28(31)35-19-18-34-27(30)17-6-21-4-7-22(8-5-21)23-9-15-26(16-10-23)36-29(32)24-11-13-25(33-3)14-12-24/h4-8,11-14,17,23,26H,1,9-10,15-16,18-19H2,2-3H3/b17-6+. The van der Waals surface area contributed by atoms with Crippen LogP contribution in [0.3, 0.4) is 0 Å². The normalized spacial score (nSPS) is 17.3. The van der Waals surface area contributed by atoms with Crippen LogP contribution in [0.15, 0.2) is 66.8 Å². The van der Waals surface area contributed by atoms with Crippen LogP contribution in [-0.4, -0.2) is 44.3 Å². The number of esters is 3. The summed E-state index contributed by atoms with van der Waals surface area (Å²) in [6, 6.07) is 15.0. The highest BCUT2D eigenvalue weighted by Gasteiger charge is 2.25. The first-order valence-electron chi connectivity index (χ1n) is 12.0. The molecule has 7 nitrogen and oxygen atoms in total. The minimum atomic E-state index is -0.509. The van der Waals surface area contributed by atoms with Gasteiger partial charge in [0.2, 0.25) is 0 Å². The maximum absolute atomic E-state index is 12.4. The van der Waals surface area contributed by atoms with E-state index < -0.39 is 11.9 Å². The average Bonchev–Trinajstić information content (AvgIpc) is 2.90. The second kappa shape index (κ2) is 13.3. The van der Waals surface area contributed by atoms with Crippen molar-refractivity contribution >= 4 is 24.0 Å². The van der Waals surface area contributed by atoms with Gasteiger partial charge in [0.1, 0.15) is 25.1 Å². The molecular weight excluding hydrogens is 460 g/mol. The summed E-state index contributed by atoms with van der Waals surface area (Å²) >= 11 is 0. The van der Waals surface area contributed by atoms with Crippen molar-refractivity contribution in [3.05, 3.63) is 83.4 Å². The molecule has 0 saturated heterocycles. The molecule has 1 aliphatic carbocycles. The smallest absolute Gasteiger partial charge is 0.338 e. The molecule has 0 aliphatic heterocycles. The molecule has 0 aromatic heterocycles. The molecule has 0 N–H and O–H groups in total. The second-order valence-electron chi connectivity index (χ2n) is 8.69. The lowest BCUT2D eigenvalue weighted by Crippen LogP contribution is -2.24. The zero-order valence-corrected chi connectivity index (χ0v) is 20.7. The van der Waals surface area contributed by atoms with Gasteiger partial charge >= 0.3 is 17.9 Å². The molecule has 190 valence electrons. The van der Waals surface area contributed by atoms with Crippen molar-refractivity contribution in [3.8, 4) is 5.75 Å². The largest absolute Gasteiger partial charge is 0.497 e. The summed E-state index contributed by atoms with van der Waals surface area (Å²) in [5.41, 5.74) is 2.93. The van der Waals surface area contributed by atoms with Gasteiger partial charge in [-0.2, -0.15) is 0 Å². The molecule has 2 aromatic rings. The van der Waals surface area contributed by atoms with Crippen LogP contribution in [0.1, 0.15) is 60.0 Å². The fraction of sp³-hybridized carbons (Fsp3) is 0.345. The van der Waals surface area contributed by atoms with Crippen LogP contribution in [-0.2, 0) is 23.8 Å². The van der Waals surface area contributed by atoms with Gasteiger partial charge in [0.15, 0.2) is 0 Å². The van der Waals surface area contributed by atoms with Gasteiger partial charge in [-0.3, -0.25) is 0 Å². The van der Waals surface area contributed by atoms with Crippen molar-refractivity contribution in [3.63, 3.8) is 0 Å². The molecule has 3 rings (SSSR count). The van der Waals surface area contributed by atoms with Crippen molar-refractivity contribution in [1.82, 2.24) is 0 Å². The zero-order valence-electron chi connectivity index (χ0n) is 20.7. The van der Waals surface area contributed by atoms with E-state index in [-0.39, 0.29) is 25.3 Å². The van der Waals surface area contributed by atoms with Crippen LogP contribution < -0.4 is 4.74 Å². The van der Waals surface area contributed by atoms with E-state index in [1.165, 1.54) is 11.6 Å². The molecule has 7 heteroatoms. The quantitative estimate of drug-likeness (QED) is 0.194. The van der Waals surface area contributed by atoms with Crippen molar-refractivity contribution in [2.45, 2.75) is 44.6 Å². The summed E-state index contributed by atoms with van der Waals surface area (Å²) in [4.78, 5) is 35.5. The van der Waals surface area contributed by atoms with Crippen LogP contribution in [0.25, 0.3) is 6.08 Å². The van der Waals surface area contributed by atoms with E-state index >= 15 is 0 Å². The fourth-order valence-corrected chi connectivity index (χ4v) is 3.95. The van der Waals surface area contributed by atoms with Gasteiger partial charge in [-0.25, -0.2) is 14.4 Å². The van der Waals surface area contributed by atoms with Crippen LogP contribution in [0.4, 0.5) is 0 Å². The highest BCUT2D eigenvalue weighted by molar-refractivity contribution is 5.89. The van der Waals surface area contributed by atoms with Gasteiger partial charge in [0, 0.05) is 11.6 Å². The Bertz CT molecular complexity index is 1080. The maximum atomic E-state index is 12.4. The average molecular weight is 493 g/mol. The van der Waals surface area contributed by atoms with Gasteiger partial charge in [-0.05, 0) is 80.0 Å². The van der Waals surface area contributed by atoms with Crippen molar-refractivity contribution in [2.24, 2.45) is 0 Å². The molecular formula is C29H32O7. The minimum Gasteiger partial charge on any atom is -0.497 e. The third-order valence-electron chi connectivity index (χ3n) is 6.00. The molecule has 0 radical (unpaired) electrons. The zero-order chi connectivity index (χ0) is 25.9. The number of benzene rings is 2. The Kier molecular flexibility index (Phi) is 9.86. The molecule has 0 amide bonds. The monoisotopic (exact) mass is 492 g/mol. The van der Waals surface area contributed by atoms with Crippen LogP contribution in [0, 0.1) is 0 Å². The van der Waals surface area contributed by atoms with Crippen LogP contribution in [0.5, 0.6) is 5.75 Å².